The van der Waals surface area contributed by atoms with Crippen molar-refractivity contribution in [3.05, 3.63) is 70.0 Å². The van der Waals surface area contributed by atoms with E-state index in [4.69, 9.17) is 9.15 Å². The van der Waals surface area contributed by atoms with Crippen molar-refractivity contribution in [1.29, 1.82) is 0 Å². The molecule has 0 radical (unpaired) electrons. The van der Waals surface area contributed by atoms with E-state index < -0.39 is 4.92 Å². The Hall–Kier alpha value is -3.15. The van der Waals surface area contributed by atoms with Crippen molar-refractivity contribution >= 4 is 22.4 Å². The first kappa shape index (κ1) is 13.8. The zero-order valence-electron chi connectivity index (χ0n) is 11.6. The number of fused-ring (bicyclic) bond motifs is 1. The first-order valence-electron chi connectivity index (χ1n) is 6.44. The fourth-order valence-electron chi connectivity index (χ4n) is 2.20. The van der Waals surface area contributed by atoms with Gasteiger partial charge in [0, 0.05) is 23.1 Å². The Morgan fingerprint density at radius 1 is 1.18 bits per heavy atom. The second kappa shape index (κ2) is 5.33. The van der Waals surface area contributed by atoms with Gasteiger partial charge in [0.1, 0.15) is 17.6 Å². The second-order valence-electron chi connectivity index (χ2n) is 4.64. The average molecular weight is 297 g/mol. The number of ketones is 1. The summed E-state index contributed by atoms with van der Waals surface area (Å²) in [6.07, 6.45) is 1.32. The topological polar surface area (TPSA) is 82.6 Å². The Labute approximate surface area is 125 Å². The van der Waals surface area contributed by atoms with Gasteiger partial charge in [0.15, 0.2) is 5.78 Å². The third-order valence-corrected chi connectivity index (χ3v) is 3.36. The van der Waals surface area contributed by atoms with Crippen LogP contribution in [0, 0.1) is 10.1 Å². The Bertz CT molecular complexity index is 864. The molecule has 1 heterocycles. The van der Waals surface area contributed by atoms with E-state index in [1.807, 2.05) is 0 Å². The van der Waals surface area contributed by atoms with Gasteiger partial charge in [-0.25, -0.2) is 0 Å². The van der Waals surface area contributed by atoms with Gasteiger partial charge in [0.05, 0.1) is 17.6 Å². The first-order valence-corrected chi connectivity index (χ1v) is 6.44. The Balaban J connectivity index is 2.06. The molecule has 0 aliphatic rings. The van der Waals surface area contributed by atoms with E-state index in [1.165, 1.54) is 24.5 Å². The number of benzene rings is 2. The smallest absolute Gasteiger partial charge is 0.270 e. The summed E-state index contributed by atoms with van der Waals surface area (Å²) in [5, 5.41) is 11.3. The molecule has 0 spiro atoms. The summed E-state index contributed by atoms with van der Waals surface area (Å²) >= 11 is 0. The van der Waals surface area contributed by atoms with Crippen molar-refractivity contribution in [2.45, 2.75) is 0 Å². The maximum Gasteiger partial charge on any atom is 0.270 e. The molecule has 6 heteroatoms. The van der Waals surface area contributed by atoms with Crippen molar-refractivity contribution in [3.8, 4) is 5.75 Å². The van der Waals surface area contributed by atoms with Gasteiger partial charge in [-0.1, -0.05) is 0 Å². The maximum atomic E-state index is 12.5. The minimum Gasteiger partial charge on any atom is -0.497 e. The van der Waals surface area contributed by atoms with Gasteiger partial charge in [0.2, 0.25) is 0 Å². The maximum absolute atomic E-state index is 12.5. The lowest BCUT2D eigenvalue weighted by atomic mass is 10.0. The summed E-state index contributed by atoms with van der Waals surface area (Å²) in [7, 11) is 1.54. The molecule has 22 heavy (non-hydrogen) atoms. The van der Waals surface area contributed by atoms with Gasteiger partial charge in [-0.3, -0.25) is 14.9 Å². The highest BCUT2D eigenvalue weighted by atomic mass is 16.6. The Morgan fingerprint density at radius 2 is 1.91 bits per heavy atom. The predicted molar refractivity (Wildman–Crippen MR) is 79.3 cm³/mol. The van der Waals surface area contributed by atoms with Crippen LogP contribution in [0.1, 0.15) is 15.9 Å². The SMILES string of the molecule is COc1ccc(C(=O)c2coc3ccc([N+](=O)[O-])cc23)cc1. The van der Waals surface area contributed by atoms with E-state index in [0.29, 0.717) is 27.8 Å². The molecule has 3 rings (SSSR count). The summed E-state index contributed by atoms with van der Waals surface area (Å²) in [5.41, 5.74) is 1.10. The largest absolute Gasteiger partial charge is 0.497 e. The third-order valence-electron chi connectivity index (χ3n) is 3.36. The van der Waals surface area contributed by atoms with E-state index in [0.717, 1.165) is 0 Å². The molecule has 2 aromatic carbocycles. The van der Waals surface area contributed by atoms with Crippen LogP contribution in [0.15, 0.2) is 53.1 Å². The number of rotatable bonds is 4. The lowest BCUT2D eigenvalue weighted by Crippen LogP contribution is -2.00. The monoisotopic (exact) mass is 297 g/mol. The molecule has 0 N–H and O–H groups in total. The number of carbonyl (C=O) groups excluding carboxylic acids is 1. The number of hydrogen-bond donors (Lipinski definition) is 0. The zero-order valence-corrected chi connectivity index (χ0v) is 11.6. The van der Waals surface area contributed by atoms with Gasteiger partial charge in [-0.05, 0) is 30.3 Å². The molecule has 0 fully saturated rings. The number of nitrogens with zero attached hydrogens (tertiary/aromatic N) is 1. The molecule has 0 amide bonds. The van der Waals surface area contributed by atoms with Crippen LogP contribution in [0.4, 0.5) is 5.69 Å². The Morgan fingerprint density at radius 3 is 2.55 bits per heavy atom. The number of nitro benzene ring substituents is 1. The van der Waals surface area contributed by atoms with Crippen molar-refractivity contribution in [2.75, 3.05) is 7.11 Å². The third kappa shape index (κ3) is 2.31. The van der Waals surface area contributed by atoms with Crippen LogP contribution in [-0.4, -0.2) is 17.8 Å². The highest BCUT2D eigenvalue weighted by Crippen LogP contribution is 2.27. The van der Waals surface area contributed by atoms with Crippen LogP contribution in [-0.2, 0) is 0 Å². The molecular formula is C16H11NO5. The van der Waals surface area contributed by atoms with E-state index in [2.05, 4.69) is 0 Å². The molecule has 0 bridgehead atoms. The Kier molecular flexibility index (Phi) is 3.34. The van der Waals surface area contributed by atoms with Crippen molar-refractivity contribution in [3.63, 3.8) is 0 Å². The number of furan rings is 1. The number of ether oxygens (including phenoxy) is 1. The van der Waals surface area contributed by atoms with Crippen molar-refractivity contribution < 1.29 is 18.9 Å². The van der Waals surface area contributed by atoms with Crippen LogP contribution in [0.25, 0.3) is 11.0 Å². The molecule has 0 saturated heterocycles. The highest BCUT2D eigenvalue weighted by Gasteiger charge is 2.18. The van der Waals surface area contributed by atoms with Gasteiger partial charge in [-0.15, -0.1) is 0 Å². The zero-order chi connectivity index (χ0) is 15.7. The average Bonchev–Trinajstić information content (AvgIpc) is 2.97. The molecule has 0 saturated carbocycles. The lowest BCUT2D eigenvalue weighted by Gasteiger charge is -2.02. The van der Waals surface area contributed by atoms with Gasteiger partial charge < -0.3 is 9.15 Å². The van der Waals surface area contributed by atoms with Crippen molar-refractivity contribution in [1.82, 2.24) is 0 Å². The molecule has 0 aliphatic heterocycles. The van der Waals surface area contributed by atoms with Gasteiger partial charge >= 0.3 is 0 Å². The minimum absolute atomic E-state index is 0.0855. The van der Waals surface area contributed by atoms with Crippen molar-refractivity contribution in [2.24, 2.45) is 0 Å². The summed E-state index contributed by atoms with van der Waals surface area (Å²) in [5.74, 6) is 0.381. The number of nitro groups is 1. The molecule has 0 unspecified atom stereocenters. The first-order chi connectivity index (χ1) is 10.6. The summed E-state index contributed by atoms with van der Waals surface area (Å²) in [4.78, 5) is 22.9. The van der Waals surface area contributed by atoms with Gasteiger partial charge in [-0.2, -0.15) is 0 Å². The highest BCUT2D eigenvalue weighted by molar-refractivity contribution is 6.16. The molecular weight excluding hydrogens is 286 g/mol. The van der Waals surface area contributed by atoms with Crippen LogP contribution in [0.3, 0.4) is 0 Å². The fourth-order valence-corrected chi connectivity index (χ4v) is 2.20. The lowest BCUT2D eigenvalue weighted by molar-refractivity contribution is -0.384. The van der Waals surface area contributed by atoms with Crippen LogP contribution in [0.2, 0.25) is 0 Å². The summed E-state index contributed by atoms with van der Waals surface area (Å²) in [6, 6.07) is 10.8. The van der Waals surface area contributed by atoms with Crippen LogP contribution < -0.4 is 4.74 Å². The van der Waals surface area contributed by atoms with Crippen LogP contribution in [0.5, 0.6) is 5.75 Å². The van der Waals surface area contributed by atoms with Gasteiger partial charge in [0.25, 0.3) is 5.69 Å². The van der Waals surface area contributed by atoms with E-state index in [1.54, 1.807) is 31.4 Å². The molecule has 0 atom stereocenters. The quantitative estimate of drug-likeness (QED) is 0.417. The second-order valence-corrected chi connectivity index (χ2v) is 4.64. The molecule has 1 aromatic heterocycles. The fraction of sp³-hybridized carbons (Fsp3) is 0.0625. The molecule has 6 nitrogen and oxygen atoms in total. The number of hydrogen-bond acceptors (Lipinski definition) is 5. The molecule has 110 valence electrons. The number of non-ortho nitro benzene ring substituents is 1. The van der Waals surface area contributed by atoms with E-state index in [9.17, 15) is 14.9 Å². The molecule has 3 aromatic rings. The number of carbonyl (C=O) groups is 1. The number of methoxy groups -OCH3 is 1. The summed E-state index contributed by atoms with van der Waals surface area (Å²) in [6.45, 7) is 0. The molecule has 0 aliphatic carbocycles. The van der Waals surface area contributed by atoms with Crippen LogP contribution >= 0.6 is 0 Å². The summed E-state index contributed by atoms with van der Waals surface area (Å²) < 4.78 is 10.4. The standard InChI is InChI=1S/C16H11NO5/c1-21-12-5-2-10(3-6-12)16(18)14-9-22-15-7-4-11(17(19)20)8-13(14)15/h2-9H,1H3. The normalized spacial score (nSPS) is 10.6. The van der Waals surface area contributed by atoms with E-state index in [-0.39, 0.29) is 11.5 Å². The van der Waals surface area contributed by atoms with E-state index >= 15 is 0 Å². The minimum atomic E-state index is -0.506. The predicted octanol–water partition coefficient (Wildman–Crippen LogP) is 3.58.